The summed E-state index contributed by atoms with van der Waals surface area (Å²) in [5.41, 5.74) is 8.92. The van der Waals surface area contributed by atoms with E-state index in [1.54, 1.807) is 0 Å². The van der Waals surface area contributed by atoms with E-state index in [0.717, 1.165) is 16.8 Å². The number of hydrogen-bond donors (Lipinski definition) is 0. The number of benzene rings is 10. The van der Waals surface area contributed by atoms with Gasteiger partial charge in [-0.25, -0.2) is 0 Å². The molecule has 53 heavy (non-hydrogen) atoms. The molecule has 2 heteroatoms. The summed E-state index contributed by atoms with van der Waals surface area (Å²) in [6.45, 7) is 0. The summed E-state index contributed by atoms with van der Waals surface area (Å²) < 4.78 is 2.46. The number of rotatable bonds is 3. The molecule has 0 fully saturated rings. The average molecular weight is 671 g/mol. The first-order valence-electron chi connectivity index (χ1n) is 18.1. The van der Waals surface area contributed by atoms with E-state index in [0.29, 0.717) is 5.56 Å². The van der Waals surface area contributed by atoms with E-state index >= 15 is 0 Å². The highest BCUT2D eigenvalue weighted by Crippen LogP contribution is 2.43. The van der Waals surface area contributed by atoms with Crippen molar-refractivity contribution in [2.24, 2.45) is 0 Å². The lowest BCUT2D eigenvalue weighted by atomic mass is 9.90. The average Bonchev–Trinajstić information content (AvgIpc) is 3.56. The Morgan fingerprint density at radius 2 is 0.887 bits per heavy atom. The lowest BCUT2D eigenvalue weighted by molar-refractivity contribution is 1.19. The van der Waals surface area contributed by atoms with Crippen molar-refractivity contribution < 1.29 is 0 Å². The zero-order valence-corrected chi connectivity index (χ0v) is 28.7. The smallest absolute Gasteiger partial charge is 0.0991 e. The number of nitriles is 1. The van der Waals surface area contributed by atoms with Gasteiger partial charge in [0, 0.05) is 21.8 Å². The van der Waals surface area contributed by atoms with Crippen molar-refractivity contribution in [2.45, 2.75) is 0 Å². The standard InChI is InChI=1S/C51H30N2/c52-31-32-14-16-33(17-15-32)36-20-18-34-19-21-37(27-39(34)26-36)38-23-24-44-46(28-38)42-12-6-7-13-43(42)47-29-49-45-25-22-35-8-4-5-11-41(35)51(45)53(50(49)30-48(44)47)40-9-2-1-3-10-40/h1-30H. The quantitative estimate of drug-likeness (QED) is 0.172. The van der Waals surface area contributed by atoms with Gasteiger partial charge in [0.25, 0.3) is 0 Å². The summed E-state index contributed by atoms with van der Waals surface area (Å²) >= 11 is 0. The largest absolute Gasteiger partial charge is 0.309 e. The minimum Gasteiger partial charge on any atom is -0.309 e. The molecule has 10 aromatic carbocycles. The summed E-state index contributed by atoms with van der Waals surface area (Å²) in [7, 11) is 0. The van der Waals surface area contributed by atoms with Gasteiger partial charge in [-0.2, -0.15) is 5.26 Å². The van der Waals surface area contributed by atoms with Crippen LogP contribution in [0.1, 0.15) is 5.56 Å². The highest BCUT2D eigenvalue weighted by Gasteiger charge is 2.18. The molecule has 244 valence electrons. The van der Waals surface area contributed by atoms with Gasteiger partial charge in [0.15, 0.2) is 0 Å². The molecule has 0 bridgehead atoms. The van der Waals surface area contributed by atoms with E-state index < -0.39 is 0 Å². The maximum absolute atomic E-state index is 9.26. The van der Waals surface area contributed by atoms with Gasteiger partial charge in [0.1, 0.15) is 0 Å². The molecule has 0 atom stereocenters. The predicted octanol–water partition coefficient (Wildman–Crippen LogP) is 13.8. The Bertz CT molecular complexity index is 3330. The van der Waals surface area contributed by atoms with Crippen LogP contribution in [0.5, 0.6) is 0 Å². The van der Waals surface area contributed by atoms with Gasteiger partial charge >= 0.3 is 0 Å². The fraction of sp³-hybridized carbons (Fsp3) is 0. The zero-order valence-electron chi connectivity index (χ0n) is 28.7. The van der Waals surface area contributed by atoms with E-state index in [1.165, 1.54) is 86.8 Å². The predicted molar refractivity (Wildman–Crippen MR) is 224 cm³/mol. The van der Waals surface area contributed by atoms with Gasteiger partial charge in [-0.1, -0.05) is 127 Å². The van der Waals surface area contributed by atoms with Gasteiger partial charge in [0.05, 0.1) is 22.7 Å². The molecule has 0 aliphatic carbocycles. The van der Waals surface area contributed by atoms with Crippen LogP contribution in [0.4, 0.5) is 0 Å². The minimum absolute atomic E-state index is 0.671. The topological polar surface area (TPSA) is 28.7 Å². The molecule has 1 heterocycles. The van der Waals surface area contributed by atoms with Crippen LogP contribution in [0.2, 0.25) is 0 Å². The second-order valence-corrected chi connectivity index (χ2v) is 14.0. The summed E-state index contributed by atoms with van der Waals surface area (Å²) in [6.07, 6.45) is 0. The summed E-state index contributed by atoms with van der Waals surface area (Å²) in [5.74, 6) is 0. The van der Waals surface area contributed by atoms with Crippen molar-refractivity contribution >= 4 is 75.7 Å². The van der Waals surface area contributed by atoms with Crippen LogP contribution in [0.3, 0.4) is 0 Å². The van der Waals surface area contributed by atoms with E-state index in [-0.39, 0.29) is 0 Å². The summed E-state index contributed by atoms with van der Waals surface area (Å²) in [6, 6.07) is 68.2. The van der Waals surface area contributed by atoms with Gasteiger partial charge in [-0.3, -0.25) is 0 Å². The van der Waals surface area contributed by atoms with Crippen LogP contribution in [-0.2, 0) is 0 Å². The Balaban J connectivity index is 1.16. The molecule has 0 aliphatic heterocycles. The molecule has 0 spiro atoms. The monoisotopic (exact) mass is 670 g/mol. The van der Waals surface area contributed by atoms with E-state index in [4.69, 9.17) is 0 Å². The Hall–Kier alpha value is -7.21. The molecule has 0 saturated carbocycles. The Morgan fingerprint density at radius 3 is 1.64 bits per heavy atom. The summed E-state index contributed by atoms with van der Waals surface area (Å²) in [5, 5.41) is 24.2. The molecule has 0 amide bonds. The fourth-order valence-electron chi connectivity index (χ4n) is 8.59. The SMILES string of the molecule is N#Cc1ccc(-c2ccc3ccc(-c4ccc5c(c4)c4ccccc4c4cc6c7ccc8ccccc8c7n(-c7ccccc7)c6cc54)cc3c2)cc1. The number of nitrogens with zero attached hydrogens (tertiary/aromatic N) is 2. The van der Waals surface area contributed by atoms with E-state index in [2.05, 4.69) is 168 Å². The third-order valence-corrected chi connectivity index (χ3v) is 11.1. The molecule has 0 aliphatic rings. The highest BCUT2D eigenvalue weighted by molar-refractivity contribution is 6.30. The van der Waals surface area contributed by atoms with Crippen LogP contribution < -0.4 is 0 Å². The molecule has 11 rings (SSSR count). The molecule has 1 aromatic heterocycles. The minimum atomic E-state index is 0.671. The van der Waals surface area contributed by atoms with Crippen molar-refractivity contribution in [3.05, 3.63) is 188 Å². The molecule has 0 radical (unpaired) electrons. The van der Waals surface area contributed by atoms with Crippen LogP contribution in [0.25, 0.3) is 104 Å². The molecular formula is C51H30N2. The zero-order chi connectivity index (χ0) is 35.0. The molecule has 0 N–H and O–H groups in total. The van der Waals surface area contributed by atoms with Crippen LogP contribution in [0.15, 0.2) is 182 Å². The molecule has 0 saturated heterocycles. The Labute approximate surface area is 306 Å². The molecule has 2 nitrogen and oxygen atoms in total. The van der Waals surface area contributed by atoms with Crippen molar-refractivity contribution in [3.8, 4) is 34.0 Å². The highest BCUT2D eigenvalue weighted by atomic mass is 15.0. The fourth-order valence-corrected chi connectivity index (χ4v) is 8.59. The first kappa shape index (κ1) is 29.5. The van der Waals surface area contributed by atoms with Crippen LogP contribution in [-0.4, -0.2) is 4.57 Å². The third kappa shape index (κ3) is 4.51. The summed E-state index contributed by atoms with van der Waals surface area (Å²) in [4.78, 5) is 0. The van der Waals surface area contributed by atoms with Crippen LogP contribution >= 0.6 is 0 Å². The normalized spacial score (nSPS) is 11.8. The van der Waals surface area contributed by atoms with Gasteiger partial charge in [-0.05, 0) is 125 Å². The van der Waals surface area contributed by atoms with Crippen molar-refractivity contribution in [2.75, 3.05) is 0 Å². The van der Waals surface area contributed by atoms with Crippen molar-refractivity contribution in [1.29, 1.82) is 5.26 Å². The Kier molecular flexibility index (Phi) is 6.35. The second-order valence-electron chi connectivity index (χ2n) is 14.0. The maximum Gasteiger partial charge on any atom is 0.0991 e. The Morgan fingerprint density at radius 1 is 0.340 bits per heavy atom. The number of fused-ring (bicyclic) bond motifs is 12. The van der Waals surface area contributed by atoms with E-state index in [1.807, 2.05) is 24.3 Å². The lowest BCUT2D eigenvalue weighted by Crippen LogP contribution is -1.94. The van der Waals surface area contributed by atoms with E-state index in [9.17, 15) is 5.26 Å². The maximum atomic E-state index is 9.26. The molecule has 0 unspecified atom stereocenters. The lowest BCUT2D eigenvalue weighted by Gasteiger charge is -2.14. The number of hydrogen-bond acceptors (Lipinski definition) is 1. The van der Waals surface area contributed by atoms with Crippen LogP contribution in [0, 0.1) is 11.3 Å². The van der Waals surface area contributed by atoms with Gasteiger partial charge in [-0.15, -0.1) is 0 Å². The number of para-hydroxylation sites is 1. The number of aromatic nitrogens is 1. The molecular weight excluding hydrogens is 641 g/mol. The first-order valence-corrected chi connectivity index (χ1v) is 18.1. The van der Waals surface area contributed by atoms with Gasteiger partial charge < -0.3 is 4.57 Å². The van der Waals surface area contributed by atoms with Gasteiger partial charge in [0.2, 0.25) is 0 Å². The first-order chi connectivity index (χ1) is 26.2. The second kappa shape index (κ2) is 11.4. The third-order valence-electron chi connectivity index (χ3n) is 11.1. The van der Waals surface area contributed by atoms with Crippen molar-refractivity contribution in [1.82, 2.24) is 4.57 Å². The molecule has 11 aromatic rings. The van der Waals surface area contributed by atoms with Crippen molar-refractivity contribution in [3.63, 3.8) is 0 Å².